The smallest absolute Gasteiger partial charge is 0.253 e. The van der Waals surface area contributed by atoms with Crippen LogP contribution in [-0.4, -0.2) is 23.3 Å². The van der Waals surface area contributed by atoms with E-state index in [1.54, 1.807) is 35.6 Å². The van der Waals surface area contributed by atoms with Gasteiger partial charge in [-0.15, -0.1) is 11.3 Å². The number of carbonyl (C=O) groups excluding carboxylic acids is 2. The summed E-state index contributed by atoms with van der Waals surface area (Å²) in [5.74, 6) is -0.453. The first-order valence-corrected chi connectivity index (χ1v) is 11.5. The van der Waals surface area contributed by atoms with Crippen molar-refractivity contribution in [3.8, 4) is 0 Å². The fourth-order valence-electron chi connectivity index (χ4n) is 3.41. The van der Waals surface area contributed by atoms with Crippen molar-refractivity contribution in [2.24, 2.45) is 0 Å². The van der Waals surface area contributed by atoms with Gasteiger partial charge in [-0.2, -0.15) is 0 Å². The number of rotatable bonds is 8. The molecule has 1 aromatic heterocycles. The minimum Gasteiger partial charge on any atom is -0.356 e. The molecular weight excluding hydrogens is 442 g/mol. The van der Waals surface area contributed by atoms with Gasteiger partial charge in [0.25, 0.3) is 5.91 Å². The van der Waals surface area contributed by atoms with E-state index in [2.05, 4.69) is 15.6 Å². The maximum atomic E-state index is 12.8. The van der Waals surface area contributed by atoms with E-state index in [9.17, 15) is 9.59 Å². The zero-order valence-electron chi connectivity index (χ0n) is 17.3. The van der Waals surface area contributed by atoms with E-state index in [0.717, 1.165) is 20.8 Å². The van der Waals surface area contributed by atoms with E-state index in [4.69, 9.17) is 11.6 Å². The number of hydrogen-bond acceptors (Lipinski definition) is 4. The summed E-state index contributed by atoms with van der Waals surface area (Å²) in [6, 6.07) is 23.8. The molecule has 0 fully saturated rings. The van der Waals surface area contributed by atoms with Crippen molar-refractivity contribution in [3.05, 3.63) is 100 Å². The largest absolute Gasteiger partial charge is 0.356 e. The van der Waals surface area contributed by atoms with Crippen molar-refractivity contribution in [1.82, 2.24) is 15.6 Å². The number of benzene rings is 3. The number of amides is 2. The van der Waals surface area contributed by atoms with Crippen molar-refractivity contribution in [2.45, 2.75) is 18.9 Å². The number of carbonyl (C=O) groups is 2. The Morgan fingerprint density at radius 3 is 2.44 bits per heavy atom. The van der Waals surface area contributed by atoms with E-state index in [1.165, 1.54) is 0 Å². The van der Waals surface area contributed by atoms with Crippen LogP contribution in [0, 0.1) is 0 Å². The average molecular weight is 464 g/mol. The van der Waals surface area contributed by atoms with Crippen LogP contribution in [0.1, 0.15) is 33.4 Å². The normalized spacial score (nSPS) is 11.8. The summed E-state index contributed by atoms with van der Waals surface area (Å²) in [4.78, 5) is 30.0. The Kier molecular flexibility index (Phi) is 7.14. The van der Waals surface area contributed by atoms with Gasteiger partial charge in [0.1, 0.15) is 0 Å². The Bertz CT molecular complexity index is 1190. The van der Waals surface area contributed by atoms with E-state index in [1.807, 2.05) is 54.6 Å². The van der Waals surface area contributed by atoms with Crippen molar-refractivity contribution in [3.63, 3.8) is 0 Å². The number of halogens is 1. The highest BCUT2D eigenvalue weighted by atomic mass is 35.5. The van der Waals surface area contributed by atoms with Crippen molar-refractivity contribution in [2.75, 3.05) is 6.54 Å². The zero-order valence-corrected chi connectivity index (χ0v) is 18.8. The summed E-state index contributed by atoms with van der Waals surface area (Å²) in [6.07, 6.45) is 0.785. The first-order valence-electron chi connectivity index (χ1n) is 10.3. The van der Waals surface area contributed by atoms with Gasteiger partial charge in [-0.05, 0) is 29.8 Å². The van der Waals surface area contributed by atoms with Crippen LogP contribution in [-0.2, 0) is 11.2 Å². The number of aromatic nitrogens is 1. The third kappa shape index (κ3) is 5.52. The molecule has 162 valence electrons. The third-order valence-electron chi connectivity index (χ3n) is 5.01. The number of fused-ring (bicyclic) bond motifs is 1. The van der Waals surface area contributed by atoms with Crippen LogP contribution < -0.4 is 10.6 Å². The van der Waals surface area contributed by atoms with Crippen molar-refractivity contribution in [1.29, 1.82) is 0 Å². The molecule has 2 N–H and O–H groups in total. The van der Waals surface area contributed by atoms with E-state index >= 15 is 0 Å². The molecule has 0 aliphatic rings. The van der Waals surface area contributed by atoms with Gasteiger partial charge in [0.05, 0.1) is 38.3 Å². The second-order valence-corrected chi connectivity index (χ2v) is 8.82. The molecule has 2 amide bonds. The van der Waals surface area contributed by atoms with E-state index < -0.39 is 6.04 Å². The molecule has 0 saturated heterocycles. The monoisotopic (exact) mass is 463 g/mol. The Morgan fingerprint density at radius 2 is 1.66 bits per heavy atom. The lowest BCUT2D eigenvalue weighted by molar-refractivity contribution is -0.121. The summed E-state index contributed by atoms with van der Waals surface area (Å²) < 4.78 is 1.14. The van der Waals surface area contributed by atoms with Gasteiger partial charge < -0.3 is 10.6 Å². The molecule has 32 heavy (non-hydrogen) atoms. The lowest BCUT2D eigenvalue weighted by Gasteiger charge is -2.19. The first kappa shape index (κ1) is 22.0. The zero-order chi connectivity index (χ0) is 22.3. The van der Waals surface area contributed by atoms with Gasteiger partial charge in [-0.25, -0.2) is 4.98 Å². The Morgan fingerprint density at radius 1 is 0.938 bits per heavy atom. The minimum absolute atomic E-state index is 0.125. The van der Waals surface area contributed by atoms with Gasteiger partial charge in [0, 0.05) is 13.0 Å². The standard InChI is InChI=1S/C25H22ClN3O2S/c26-19-11-5-4-10-18(19)25(31)29-21(17-8-2-1-3-9-17)16-23(30)27-15-14-24-28-20-12-6-7-13-22(20)32-24/h1-13,21H,14-16H2,(H,27,30)(H,29,31). The van der Waals surface area contributed by atoms with Crippen molar-refractivity contribution >= 4 is 45.0 Å². The van der Waals surface area contributed by atoms with Crippen LogP contribution in [0.15, 0.2) is 78.9 Å². The SMILES string of the molecule is O=C(CC(NC(=O)c1ccccc1Cl)c1ccccc1)NCCc1nc2ccccc2s1. The number of hydrogen-bond donors (Lipinski definition) is 2. The number of para-hydroxylation sites is 1. The molecular formula is C25H22ClN3O2S. The highest BCUT2D eigenvalue weighted by Gasteiger charge is 2.20. The molecule has 7 heteroatoms. The topological polar surface area (TPSA) is 71.1 Å². The molecule has 0 radical (unpaired) electrons. The summed E-state index contributed by atoms with van der Waals surface area (Å²) in [5, 5.41) is 7.26. The fourth-order valence-corrected chi connectivity index (χ4v) is 4.60. The maximum Gasteiger partial charge on any atom is 0.253 e. The number of nitrogens with zero attached hydrogens (tertiary/aromatic N) is 1. The van der Waals surface area contributed by atoms with Gasteiger partial charge in [0.2, 0.25) is 5.91 Å². The van der Waals surface area contributed by atoms with Gasteiger partial charge in [-0.1, -0.05) is 66.2 Å². The molecule has 5 nitrogen and oxygen atoms in total. The molecule has 4 rings (SSSR count). The van der Waals surface area contributed by atoms with Crippen LogP contribution in [0.5, 0.6) is 0 Å². The second-order valence-electron chi connectivity index (χ2n) is 7.30. The van der Waals surface area contributed by atoms with Crippen LogP contribution in [0.25, 0.3) is 10.2 Å². The van der Waals surface area contributed by atoms with E-state index in [0.29, 0.717) is 23.6 Å². The highest BCUT2D eigenvalue weighted by molar-refractivity contribution is 7.18. The predicted octanol–water partition coefficient (Wildman–Crippen LogP) is 5.17. The van der Waals surface area contributed by atoms with Crippen LogP contribution in [0.2, 0.25) is 5.02 Å². The molecule has 0 saturated carbocycles. The molecule has 3 aromatic carbocycles. The summed E-state index contributed by atoms with van der Waals surface area (Å²) in [5.41, 5.74) is 2.21. The summed E-state index contributed by atoms with van der Waals surface area (Å²) >= 11 is 7.80. The van der Waals surface area contributed by atoms with Gasteiger partial charge in [0.15, 0.2) is 0 Å². The molecule has 1 heterocycles. The quantitative estimate of drug-likeness (QED) is 0.378. The Balaban J connectivity index is 1.38. The van der Waals surface area contributed by atoms with E-state index in [-0.39, 0.29) is 18.2 Å². The van der Waals surface area contributed by atoms with Crippen LogP contribution in [0.4, 0.5) is 0 Å². The van der Waals surface area contributed by atoms with Crippen LogP contribution >= 0.6 is 22.9 Å². The lowest BCUT2D eigenvalue weighted by Crippen LogP contribution is -2.34. The second kappa shape index (κ2) is 10.4. The van der Waals surface area contributed by atoms with Crippen molar-refractivity contribution < 1.29 is 9.59 Å². The van der Waals surface area contributed by atoms with Gasteiger partial charge >= 0.3 is 0 Å². The molecule has 1 unspecified atom stereocenters. The van der Waals surface area contributed by atoms with Gasteiger partial charge in [-0.3, -0.25) is 9.59 Å². The molecule has 0 bridgehead atoms. The first-order chi connectivity index (χ1) is 15.6. The molecule has 0 aliphatic carbocycles. The predicted molar refractivity (Wildman–Crippen MR) is 129 cm³/mol. The number of nitrogens with one attached hydrogen (secondary N) is 2. The Hall–Kier alpha value is -3.22. The number of thiazole rings is 1. The summed E-state index contributed by atoms with van der Waals surface area (Å²) in [6.45, 7) is 0.485. The maximum absolute atomic E-state index is 12.8. The molecule has 0 spiro atoms. The van der Waals surface area contributed by atoms with Crippen LogP contribution in [0.3, 0.4) is 0 Å². The Labute approximate surface area is 195 Å². The molecule has 0 aliphatic heterocycles. The molecule has 1 atom stereocenters. The fraction of sp³-hybridized carbons (Fsp3) is 0.160. The molecule has 4 aromatic rings. The third-order valence-corrected chi connectivity index (χ3v) is 6.44. The highest BCUT2D eigenvalue weighted by Crippen LogP contribution is 2.22. The minimum atomic E-state index is -0.470. The lowest BCUT2D eigenvalue weighted by atomic mass is 10.0. The summed E-state index contributed by atoms with van der Waals surface area (Å²) in [7, 11) is 0. The average Bonchev–Trinajstić information content (AvgIpc) is 3.22.